The molecule has 1 unspecified atom stereocenters. The van der Waals surface area contributed by atoms with Crippen molar-refractivity contribution >= 4 is 18.2 Å². The maximum absolute atomic E-state index is 14.1. The van der Waals surface area contributed by atoms with Gasteiger partial charge in [-0.2, -0.15) is 0 Å². The van der Waals surface area contributed by atoms with Gasteiger partial charge in [-0.05, 0) is 30.5 Å². The third-order valence-electron chi connectivity index (χ3n) is 6.75. The SMILES string of the molecule is COc1ccc(C(=O)N2CCN(C3CCCCC3)CC2)c(F)c1.NC(=O)C(NC=O)c1ccccc1. The first kappa shape index (κ1) is 27.1. The number of nitrogens with one attached hydrogen (secondary N) is 1. The second-order valence-electron chi connectivity index (χ2n) is 9.00. The lowest BCUT2D eigenvalue weighted by atomic mass is 9.94. The number of amides is 3. The molecule has 4 rings (SSSR count). The molecule has 8 nitrogen and oxygen atoms in total. The third-order valence-corrected chi connectivity index (χ3v) is 6.75. The minimum Gasteiger partial charge on any atom is -0.497 e. The number of halogens is 1. The van der Waals surface area contributed by atoms with E-state index in [2.05, 4.69) is 10.2 Å². The first-order chi connectivity index (χ1) is 17.4. The lowest BCUT2D eigenvalue weighted by Crippen LogP contribution is -2.52. The normalized spacial score (nSPS) is 17.3. The average molecular weight is 499 g/mol. The van der Waals surface area contributed by atoms with Gasteiger partial charge < -0.3 is 20.7 Å². The Balaban J connectivity index is 0.000000236. The first-order valence-electron chi connectivity index (χ1n) is 12.4. The first-order valence-corrected chi connectivity index (χ1v) is 12.4. The molecular weight excluding hydrogens is 463 g/mol. The van der Waals surface area contributed by atoms with Crippen molar-refractivity contribution in [1.29, 1.82) is 0 Å². The van der Waals surface area contributed by atoms with Crippen LogP contribution in [0.3, 0.4) is 0 Å². The van der Waals surface area contributed by atoms with E-state index in [4.69, 9.17) is 10.5 Å². The highest BCUT2D eigenvalue weighted by Crippen LogP contribution is 2.24. The number of carbonyl (C=O) groups is 3. The predicted octanol–water partition coefficient (Wildman–Crippen LogP) is 2.88. The number of benzene rings is 2. The van der Waals surface area contributed by atoms with E-state index in [-0.39, 0.29) is 11.5 Å². The van der Waals surface area contributed by atoms with Crippen molar-refractivity contribution < 1.29 is 23.5 Å². The molecular formula is C27H35FN4O4. The number of piperazine rings is 1. The Hall–Kier alpha value is -3.46. The lowest BCUT2D eigenvalue weighted by molar-refractivity contribution is -0.122. The van der Waals surface area contributed by atoms with Gasteiger partial charge >= 0.3 is 0 Å². The molecule has 0 aromatic heterocycles. The van der Waals surface area contributed by atoms with Crippen molar-refractivity contribution in [3.05, 3.63) is 65.5 Å². The van der Waals surface area contributed by atoms with Gasteiger partial charge in [0.25, 0.3) is 5.91 Å². The maximum Gasteiger partial charge on any atom is 0.256 e. The van der Waals surface area contributed by atoms with Crippen molar-refractivity contribution in [2.24, 2.45) is 5.73 Å². The Kier molecular flexibility index (Phi) is 10.2. The van der Waals surface area contributed by atoms with Crippen molar-refractivity contribution in [2.75, 3.05) is 33.3 Å². The Morgan fingerprint density at radius 2 is 1.72 bits per heavy atom. The van der Waals surface area contributed by atoms with Crippen LogP contribution in [0.15, 0.2) is 48.5 Å². The highest BCUT2D eigenvalue weighted by Gasteiger charge is 2.28. The van der Waals surface area contributed by atoms with E-state index >= 15 is 0 Å². The molecule has 3 N–H and O–H groups in total. The summed E-state index contributed by atoms with van der Waals surface area (Å²) in [4.78, 5) is 37.9. The summed E-state index contributed by atoms with van der Waals surface area (Å²) in [5.74, 6) is -0.864. The fourth-order valence-corrected chi connectivity index (χ4v) is 4.76. The number of ether oxygens (including phenoxy) is 1. The van der Waals surface area contributed by atoms with Crippen LogP contribution in [0.25, 0.3) is 0 Å². The van der Waals surface area contributed by atoms with Gasteiger partial charge in [0.1, 0.15) is 17.6 Å². The molecule has 0 radical (unpaired) electrons. The molecule has 1 saturated heterocycles. The molecule has 1 aliphatic carbocycles. The van der Waals surface area contributed by atoms with Crippen LogP contribution in [0, 0.1) is 5.82 Å². The summed E-state index contributed by atoms with van der Waals surface area (Å²) in [6.45, 7) is 3.16. The third kappa shape index (κ3) is 7.27. The molecule has 1 saturated carbocycles. The van der Waals surface area contributed by atoms with E-state index in [0.29, 0.717) is 36.9 Å². The van der Waals surface area contributed by atoms with E-state index in [1.165, 1.54) is 51.3 Å². The van der Waals surface area contributed by atoms with Crippen LogP contribution in [-0.2, 0) is 9.59 Å². The Morgan fingerprint density at radius 1 is 1.06 bits per heavy atom. The smallest absolute Gasteiger partial charge is 0.256 e. The molecule has 2 fully saturated rings. The topological polar surface area (TPSA) is 105 Å². The number of rotatable bonds is 7. The van der Waals surface area contributed by atoms with E-state index in [1.807, 2.05) is 6.07 Å². The average Bonchev–Trinajstić information content (AvgIpc) is 2.92. The van der Waals surface area contributed by atoms with Crippen molar-refractivity contribution in [1.82, 2.24) is 15.1 Å². The molecule has 1 heterocycles. The Bertz CT molecular complexity index is 1010. The van der Waals surface area contributed by atoms with Gasteiger partial charge in [0, 0.05) is 38.3 Å². The largest absolute Gasteiger partial charge is 0.497 e. The summed E-state index contributed by atoms with van der Waals surface area (Å²) >= 11 is 0. The van der Waals surface area contributed by atoms with Crippen molar-refractivity contribution in [2.45, 2.75) is 44.2 Å². The van der Waals surface area contributed by atoms with Crippen LogP contribution in [0.4, 0.5) is 4.39 Å². The summed E-state index contributed by atoms with van der Waals surface area (Å²) in [6, 6.07) is 13.2. The van der Waals surface area contributed by atoms with E-state index in [0.717, 1.165) is 13.1 Å². The van der Waals surface area contributed by atoms with E-state index in [9.17, 15) is 18.8 Å². The van der Waals surface area contributed by atoms with Crippen LogP contribution >= 0.6 is 0 Å². The fraction of sp³-hybridized carbons (Fsp3) is 0.444. The minimum absolute atomic E-state index is 0.136. The molecule has 36 heavy (non-hydrogen) atoms. The highest BCUT2D eigenvalue weighted by atomic mass is 19.1. The van der Waals surface area contributed by atoms with Crippen molar-refractivity contribution in [3.8, 4) is 5.75 Å². The fourth-order valence-electron chi connectivity index (χ4n) is 4.76. The molecule has 9 heteroatoms. The van der Waals surface area contributed by atoms with Gasteiger partial charge in [-0.25, -0.2) is 4.39 Å². The van der Waals surface area contributed by atoms with Crippen LogP contribution in [-0.4, -0.2) is 67.4 Å². The van der Waals surface area contributed by atoms with Gasteiger partial charge in [-0.1, -0.05) is 49.6 Å². The zero-order chi connectivity index (χ0) is 25.9. The van der Waals surface area contributed by atoms with Gasteiger partial charge in [0.05, 0.1) is 12.7 Å². The van der Waals surface area contributed by atoms with Gasteiger partial charge in [-0.15, -0.1) is 0 Å². The number of nitrogens with zero attached hydrogens (tertiary/aromatic N) is 2. The number of primary amides is 1. The monoisotopic (exact) mass is 498 g/mol. The molecule has 0 spiro atoms. The van der Waals surface area contributed by atoms with E-state index < -0.39 is 17.8 Å². The molecule has 2 aliphatic rings. The molecule has 3 amide bonds. The summed E-state index contributed by atoms with van der Waals surface area (Å²) in [5.41, 5.74) is 5.91. The number of methoxy groups -OCH3 is 1. The second-order valence-corrected chi connectivity index (χ2v) is 9.00. The molecule has 194 valence electrons. The Labute approximate surface area is 211 Å². The van der Waals surface area contributed by atoms with Crippen molar-refractivity contribution in [3.63, 3.8) is 0 Å². The summed E-state index contributed by atoms with van der Waals surface area (Å²) in [7, 11) is 1.49. The lowest BCUT2D eigenvalue weighted by Gasteiger charge is -2.40. The molecule has 1 atom stereocenters. The van der Waals surface area contributed by atoms with Crippen LogP contribution in [0.1, 0.15) is 54.1 Å². The summed E-state index contributed by atoms with van der Waals surface area (Å²) < 4.78 is 19.1. The molecule has 0 bridgehead atoms. The number of nitrogens with two attached hydrogens (primary N) is 1. The summed E-state index contributed by atoms with van der Waals surface area (Å²) in [5, 5.41) is 2.34. The molecule has 2 aromatic carbocycles. The zero-order valence-corrected chi connectivity index (χ0v) is 20.7. The van der Waals surface area contributed by atoms with Crippen LogP contribution in [0.5, 0.6) is 5.75 Å². The standard InChI is InChI=1S/C18H25FN2O2.C9H10N2O2/c1-23-15-7-8-16(17(19)13-15)18(22)21-11-9-20(10-12-21)14-5-3-2-4-6-14;10-9(13)8(11-6-12)7-4-2-1-3-5-7/h7-8,13-14H,2-6,9-12H2,1H3;1-6,8H,(H2,10,13)(H,11,12). The number of hydrogen-bond donors (Lipinski definition) is 2. The molecule has 2 aromatic rings. The summed E-state index contributed by atoms with van der Waals surface area (Å²) in [6.07, 6.45) is 7.01. The number of carbonyl (C=O) groups excluding carboxylic acids is 3. The second kappa shape index (κ2) is 13.6. The van der Waals surface area contributed by atoms with Gasteiger partial charge in [-0.3, -0.25) is 19.3 Å². The number of hydrogen-bond acceptors (Lipinski definition) is 5. The highest BCUT2D eigenvalue weighted by molar-refractivity contribution is 5.94. The van der Waals surface area contributed by atoms with Crippen LogP contribution in [0.2, 0.25) is 0 Å². The minimum atomic E-state index is -0.737. The van der Waals surface area contributed by atoms with Crippen LogP contribution < -0.4 is 15.8 Å². The van der Waals surface area contributed by atoms with E-state index in [1.54, 1.807) is 35.2 Å². The van der Waals surface area contributed by atoms with Gasteiger partial charge in [0.2, 0.25) is 12.3 Å². The van der Waals surface area contributed by atoms with Gasteiger partial charge in [0.15, 0.2) is 0 Å². The Morgan fingerprint density at radius 3 is 2.28 bits per heavy atom. The maximum atomic E-state index is 14.1. The predicted molar refractivity (Wildman–Crippen MR) is 135 cm³/mol. The quantitative estimate of drug-likeness (QED) is 0.571. The zero-order valence-electron chi connectivity index (χ0n) is 20.7. The molecule has 1 aliphatic heterocycles.